The summed E-state index contributed by atoms with van der Waals surface area (Å²) in [4.78, 5) is 0. The van der Waals surface area contributed by atoms with Crippen LogP contribution < -0.4 is 0 Å². The molecule has 0 amide bonds. The smallest absolute Gasteiger partial charge is 0.106 e. The fraction of sp³-hybridized carbons (Fsp3) is 0.333. The predicted octanol–water partition coefficient (Wildman–Crippen LogP) is 2.13. The molecule has 0 bridgehead atoms. The summed E-state index contributed by atoms with van der Waals surface area (Å²) in [6.07, 6.45) is -1.70. The van der Waals surface area contributed by atoms with Gasteiger partial charge in [0.15, 0.2) is 0 Å². The van der Waals surface area contributed by atoms with E-state index >= 15 is 0 Å². The maximum atomic E-state index is 9.57. The van der Waals surface area contributed by atoms with Crippen LogP contribution in [0.2, 0.25) is 5.02 Å². The minimum atomic E-state index is -0.891. The van der Waals surface area contributed by atoms with E-state index in [1.54, 1.807) is 24.3 Å². The van der Waals surface area contributed by atoms with Gasteiger partial charge in [0.2, 0.25) is 0 Å². The summed E-state index contributed by atoms with van der Waals surface area (Å²) in [5.74, 6) is 0. The number of rotatable bonds is 3. The molecule has 2 nitrogen and oxygen atoms in total. The molecular formula is C9H10BrClO2. The average Bonchev–Trinajstić information content (AvgIpc) is 2.15. The molecule has 0 aromatic heterocycles. The molecule has 1 aromatic carbocycles. The number of alkyl halides is 1. The Balaban J connectivity index is 2.82. The Bertz CT molecular complexity index is 280. The lowest BCUT2D eigenvalue weighted by Gasteiger charge is -2.15. The molecule has 0 radical (unpaired) electrons. The molecule has 0 saturated heterocycles. The number of halogens is 2. The molecule has 2 N–H and O–H groups in total. The lowest BCUT2D eigenvalue weighted by Crippen LogP contribution is -2.19. The van der Waals surface area contributed by atoms with E-state index in [1.807, 2.05) is 0 Å². The number of hydrogen-bond donors (Lipinski definition) is 2. The lowest BCUT2D eigenvalue weighted by atomic mass is 10.1. The number of aliphatic hydroxyl groups excluding tert-OH is 2. The third-order valence-corrected chi connectivity index (χ3v) is 2.61. The number of hydrogen-bond acceptors (Lipinski definition) is 2. The third kappa shape index (κ3) is 2.95. The van der Waals surface area contributed by atoms with E-state index in [0.29, 0.717) is 15.9 Å². The molecule has 0 aliphatic carbocycles. The fourth-order valence-corrected chi connectivity index (χ4v) is 1.55. The third-order valence-electron chi connectivity index (χ3n) is 1.71. The highest BCUT2D eigenvalue weighted by molar-refractivity contribution is 9.09. The van der Waals surface area contributed by atoms with Crippen LogP contribution in [0, 0.1) is 0 Å². The Morgan fingerprint density at radius 3 is 2.62 bits per heavy atom. The van der Waals surface area contributed by atoms with Gasteiger partial charge in [0.1, 0.15) is 6.10 Å². The van der Waals surface area contributed by atoms with Crippen LogP contribution >= 0.6 is 27.5 Å². The minimum absolute atomic E-state index is 0.334. The summed E-state index contributed by atoms with van der Waals surface area (Å²) in [7, 11) is 0. The van der Waals surface area contributed by atoms with Crippen LogP contribution in [-0.4, -0.2) is 21.6 Å². The van der Waals surface area contributed by atoms with E-state index in [-0.39, 0.29) is 0 Å². The molecule has 1 rings (SSSR count). The monoisotopic (exact) mass is 264 g/mol. The number of aliphatic hydroxyl groups is 2. The van der Waals surface area contributed by atoms with Crippen LogP contribution in [-0.2, 0) is 0 Å². The van der Waals surface area contributed by atoms with Crippen molar-refractivity contribution < 1.29 is 10.2 Å². The van der Waals surface area contributed by atoms with Gasteiger partial charge in [-0.15, -0.1) is 0 Å². The Morgan fingerprint density at radius 2 is 2.08 bits per heavy atom. The van der Waals surface area contributed by atoms with Crippen molar-refractivity contribution in [3.05, 3.63) is 34.9 Å². The van der Waals surface area contributed by atoms with Crippen molar-refractivity contribution in [3.63, 3.8) is 0 Å². The zero-order chi connectivity index (χ0) is 9.84. The quantitative estimate of drug-likeness (QED) is 0.822. The molecule has 1 aromatic rings. The van der Waals surface area contributed by atoms with Crippen molar-refractivity contribution in [1.82, 2.24) is 0 Å². The molecule has 0 saturated carbocycles. The Labute approximate surface area is 90.3 Å². The molecule has 0 aliphatic rings. The summed E-state index contributed by atoms with van der Waals surface area (Å²) in [5, 5.41) is 19.8. The first kappa shape index (κ1) is 11.0. The molecule has 0 heterocycles. The van der Waals surface area contributed by atoms with Crippen LogP contribution in [0.25, 0.3) is 0 Å². The van der Waals surface area contributed by atoms with Gasteiger partial charge in [0.25, 0.3) is 0 Å². The first-order valence-corrected chi connectivity index (χ1v) is 5.32. The van der Waals surface area contributed by atoms with Gasteiger partial charge in [-0.25, -0.2) is 0 Å². The first-order valence-electron chi connectivity index (χ1n) is 3.82. The zero-order valence-corrected chi connectivity index (χ0v) is 9.16. The van der Waals surface area contributed by atoms with Gasteiger partial charge in [-0.05, 0) is 17.7 Å². The second-order valence-electron chi connectivity index (χ2n) is 2.72. The largest absolute Gasteiger partial charge is 0.389 e. The normalized spacial score (nSPS) is 15.4. The summed E-state index contributed by atoms with van der Waals surface area (Å²) >= 11 is 8.82. The maximum absolute atomic E-state index is 9.57. The van der Waals surface area contributed by atoms with Gasteiger partial charge >= 0.3 is 0 Å². The molecular weight excluding hydrogens is 255 g/mol. The Kier molecular flexibility index (Phi) is 4.19. The molecule has 13 heavy (non-hydrogen) atoms. The van der Waals surface area contributed by atoms with Crippen molar-refractivity contribution in [2.75, 3.05) is 5.33 Å². The van der Waals surface area contributed by atoms with Gasteiger partial charge in [-0.1, -0.05) is 39.7 Å². The summed E-state index contributed by atoms with van der Waals surface area (Å²) < 4.78 is 0. The fourth-order valence-electron chi connectivity index (χ4n) is 0.997. The molecule has 0 fully saturated rings. The van der Waals surface area contributed by atoms with E-state index in [4.69, 9.17) is 11.6 Å². The van der Waals surface area contributed by atoms with Crippen molar-refractivity contribution in [3.8, 4) is 0 Å². The van der Waals surface area contributed by atoms with Crippen molar-refractivity contribution >= 4 is 27.5 Å². The van der Waals surface area contributed by atoms with Crippen LogP contribution in [0.4, 0.5) is 0 Å². The van der Waals surface area contributed by atoms with Crippen LogP contribution in [0.1, 0.15) is 11.7 Å². The minimum Gasteiger partial charge on any atom is -0.389 e. The van der Waals surface area contributed by atoms with E-state index in [2.05, 4.69) is 15.9 Å². The molecule has 72 valence electrons. The van der Waals surface area contributed by atoms with E-state index in [9.17, 15) is 10.2 Å². The second kappa shape index (κ2) is 4.96. The van der Waals surface area contributed by atoms with Gasteiger partial charge in [0.05, 0.1) is 6.10 Å². The van der Waals surface area contributed by atoms with Crippen molar-refractivity contribution in [2.45, 2.75) is 12.2 Å². The van der Waals surface area contributed by atoms with Crippen LogP contribution in [0.15, 0.2) is 24.3 Å². The Hall–Kier alpha value is -0.0900. The van der Waals surface area contributed by atoms with E-state index in [0.717, 1.165) is 0 Å². The SMILES string of the molecule is OC(CBr)C(O)c1cccc(Cl)c1. The highest BCUT2D eigenvalue weighted by Crippen LogP contribution is 2.21. The van der Waals surface area contributed by atoms with Crippen molar-refractivity contribution in [2.24, 2.45) is 0 Å². The molecule has 4 heteroatoms. The highest BCUT2D eigenvalue weighted by Gasteiger charge is 2.16. The summed E-state index contributed by atoms with van der Waals surface area (Å²) in [5.41, 5.74) is 0.624. The predicted molar refractivity (Wildman–Crippen MR) is 56.2 cm³/mol. The van der Waals surface area contributed by atoms with E-state index < -0.39 is 12.2 Å². The molecule has 0 aliphatic heterocycles. The number of benzene rings is 1. The van der Waals surface area contributed by atoms with Gasteiger partial charge in [-0.2, -0.15) is 0 Å². The van der Waals surface area contributed by atoms with Gasteiger partial charge in [0, 0.05) is 10.4 Å². The molecule has 2 atom stereocenters. The van der Waals surface area contributed by atoms with Crippen LogP contribution in [0.3, 0.4) is 0 Å². The first-order chi connectivity index (χ1) is 6.15. The topological polar surface area (TPSA) is 40.5 Å². The molecule has 0 spiro atoms. The van der Waals surface area contributed by atoms with Crippen molar-refractivity contribution in [1.29, 1.82) is 0 Å². The molecule has 2 unspecified atom stereocenters. The average molecular weight is 266 g/mol. The van der Waals surface area contributed by atoms with Crippen LogP contribution in [0.5, 0.6) is 0 Å². The highest BCUT2D eigenvalue weighted by atomic mass is 79.9. The summed E-state index contributed by atoms with van der Waals surface area (Å²) in [6, 6.07) is 6.82. The summed E-state index contributed by atoms with van der Waals surface area (Å²) in [6.45, 7) is 0. The Morgan fingerprint density at radius 1 is 1.38 bits per heavy atom. The van der Waals surface area contributed by atoms with E-state index in [1.165, 1.54) is 0 Å². The zero-order valence-electron chi connectivity index (χ0n) is 6.82. The lowest BCUT2D eigenvalue weighted by molar-refractivity contribution is 0.0343. The maximum Gasteiger partial charge on any atom is 0.106 e. The standard InChI is InChI=1S/C9H10BrClO2/c10-5-8(12)9(13)6-2-1-3-7(11)4-6/h1-4,8-9,12-13H,5H2. The second-order valence-corrected chi connectivity index (χ2v) is 3.81. The van der Waals surface area contributed by atoms with Gasteiger partial charge < -0.3 is 10.2 Å². The van der Waals surface area contributed by atoms with Gasteiger partial charge in [-0.3, -0.25) is 0 Å².